The Morgan fingerprint density at radius 1 is 1.86 bits per heavy atom. The van der Waals surface area contributed by atoms with Gasteiger partial charge in [-0.15, -0.1) is 0 Å². The fourth-order valence-electron chi connectivity index (χ4n) is 0.276. The molecule has 0 unspecified atom stereocenters. The van der Waals surface area contributed by atoms with Crippen LogP contribution in [0.25, 0.3) is 0 Å². The Morgan fingerprint density at radius 3 is 3.00 bits per heavy atom. The van der Waals surface area contributed by atoms with Gasteiger partial charge in [0.2, 0.25) is 0 Å². The van der Waals surface area contributed by atoms with Crippen LogP contribution in [0.2, 0.25) is 0 Å². The van der Waals surface area contributed by atoms with Gasteiger partial charge in [-0.3, -0.25) is 4.79 Å². The minimum atomic E-state index is 0.419. The second kappa shape index (κ2) is 5.41. The van der Waals surface area contributed by atoms with Crippen molar-refractivity contribution >= 4 is 6.29 Å². The quantitative estimate of drug-likeness (QED) is 0.387. The lowest BCUT2D eigenvalue weighted by molar-refractivity contribution is -0.104. The Morgan fingerprint density at radius 2 is 2.57 bits per heavy atom. The number of carbonyl (C=O) groups excluding carboxylic acids is 1. The summed E-state index contributed by atoms with van der Waals surface area (Å²) in [6.07, 6.45) is 3.57. The normalized spacial score (nSPS) is 13.3. The van der Waals surface area contributed by atoms with Crippen molar-refractivity contribution in [2.24, 2.45) is 0 Å². The van der Waals surface area contributed by atoms with E-state index < -0.39 is 0 Å². The third kappa shape index (κ3) is 5.41. The first kappa shape index (κ1) is 4.57. The zero-order valence-electron chi connectivity index (χ0n) is 5.48. The van der Waals surface area contributed by atoms with Crippen LogP contribution in [0.3, 0.4) is 0 Å². The molecule has 0 aliphatic rings. The molecule has 0 spiro atoms. The van der Waals surface area contributed by atoms with E-state index in [1.54, 1.807) is 0 Å². The molecule has 0 rings (SSSR count). The Hall–Kier alpha value is -0.590. The van der Waals surface area contributed by atoms with Gasteiger partial charge in [-0.1, -0.05) is 19.4 Å². The third-order valence-electron chi connectivity index (χ3n) is 0.580. The van der Waals surface area contributed by atoms with Crippen LogP contribution in [-0.4, -0.2) is 6.29 Å². The number of aldehydes is 1. The summed E-state index contributed by atoms with van der Waals surface area (Å²) in [6.45, 7) is 1.98. The minimum Gasteiger partial charge on any atom is -0.299 e. The molecule has 0 aromatic heterocycles. The molecule has 0 atom stereocenters. The molecule has 0 saturated heterocycles. The topological polar surface area (TPSA) is 17.1 Å². The number of carbonyl (C=O) groups is 1. The van der Waals surface area contributed by atoms with E-state index in [1.807, 2.05) is 6.92 Å². The summed E-state index contributed by atoms with van der Waals surface area (Å²) in [5, 5.41) is 0. The Bertz CT molecular complexity index is 96.7. The molecule has 0 aliphatic carbocycles. The highest BCUT2D eigenvalue weighted by atomic mass is 16.1. The fraction of sp³-hybridized carbons (Fsp3) is 0.500. The Balaban J connectivity index is 3.44. The van der Waals surface area contributed by atoms with Gasteiger partial charge in [0.05, 0.1) is 1.37 Å². The van der Waals surface area contributed by atoms with E-state index in [4.69, 9.17) is 1.37 Å². The second-order valence-electron chi connectivity index (χ2n) is 1.26. The van der Waals surface area contributed by atoms with Crippen LogP contribution in [0.15, 0.2) is 12.1 Å². The molecule has 0 N–H and O–H groups in total. The molecule has 0 amide bonds. The van der Waals surface area contributed by atoms with Crippen molar-refractivity contribution < 1.29 is 6.17 Å². The monoisotopic (exact) mass is 99.1 g/mol. The van der Waals surface area contributed by atoms with E-state index >= 15 is 0 Å². The van der Waals surface area contributed by atoms with E-state index in [9.17, 15) is 4.79 Å². The maximum Gasteiger partial charge on any atom is 0.142 e. The van der Waals surface area contributed by atoms with E-state index in [1.165, 1.54) is 6.08 Å². The zero-order chi connectivity index (χ0) is 6.41. The van der Waals surface area contributed by atoms with Crippen molar-refractivity contribution in [2.45, 2.75) is 19.8 Å². The first-order chi connectivity index (χ1) is 3.81. The molecular weight excluding hydrogens is 88.1 g/mol. The zero-order valence-corrected chi connectivity index (χ0v) is 4.48. The molecule has 0 bridgehead atoms. The van der Waals surface area contributed by atoms with Gasteiger partial charge in [0.25, 0.3) is 0 Å². The first-order valence-corrected chi connectivity index (χ1v) is 2.42. The number of allylic oxidation sites excluding steroid dienone is 2. The lowest BCUT2D eigenvalue weighted by Gasteiger charge is -1.76. The van der Waals surface area contributed by atoms with Crippen molar-refractivity contribution in [1.29, 1.82) is 0 Å². The van der Waals surface area contributed by atoms with E-state index in [-0.39, 0.29) is 0 Å². The summed E-state index contributed by atoms with van der Waals surface area (Å²) in [5.41, 5.74) is 0. The average Bonchev–Trinajstić information content (AvgIpc) is 1.68. The predicted molar refractivity (Wildman–Crippen MR) is 30.1 cm³/mol. The maximum absolute atomic E-state index is 9.69. The Kier molecular flexibility index (Phi) is 3.53. The highest BCUT2D eigenvalue weighted by Gasteiger charge is 1.67. The molecule has 0 heterocycles. The molecule has 0 radical (unpaired) electrons. The SMILES string of the molecule is [2H]C(=CC=O)CCC. The van der Waals surface area contributed by atoms with E-state index in [2.05, 4.69) is 0 Å². The van der Waals surface area contributed by atoms with Crippen LogP contribution in [-0.2, 0) is 4.79 Å². The predicted octanol–water partition coefficient (Wildman–Crippen LogP) is 1.54. The van der Waals surface area contributed by atoms with E-state index in [0.717, 1.165) is 6.42 Å². The average molecular weight is 99.2 g/mol. The van der Waals surface area contributed by atoms with Gasteiger partial charge < -0.3 is 0 Å². The largest absolute Gasteiger partial charge is 0.299 e. The van der Waals surface area contributed by atoms with Gasteiger partial charge >= 0.3 is 0 Å². The lowest BCUT2D eigenvalue weighted by Crippen LogP contribution is -1.61. The minimum absolute atomic E-state index is 0.419. The molecule has 0 aliphatic heterocycles. The van der Waals surface area contributed by atoms with Gasteiger partial charge in [0.15, 0.2) is 0 Å². The van der Waals surface area contributed by atoms with Crippen molar-refractivity contribution in [3.8, 4) is 0 Å². The molecule has 40 valence electrons. The first-order valence-electron chi connectivity index (χ1n) is 2.92. The molecular formula is C6H10O. The molecule has 1 heteroatoms. The summed E-state index contributed by atoms with van der Waals surface area (Å²) in [7, 11) is 0. The fourth-order valence-corrected chi connectivity index (χ4v) is 0.276. The standard InChI is InChI=1S/C6H10O/c1-2-3-4-5-6-7/h4-6H,2-3H2,1H3/i4D. The third-order valence-corrected chi connectivity index (χ3v) is 0.580. The van der Waals surface area contributed by atoms with Crippen LogP contribution in [0.4, 0.5) is 0 Å². The van der Waals surface area contributed by atoms with Crippen molar-refractivity contribution in [3.63, 3.8) is 0 Å². The molecule has 7 heavy (non-hydrogen) atoms. The summed E-state index contributed by atoms with van der Waals surface area (Å²) >= 11 is 0. The smallest absolute Gasteiger partial charge is 0.142 e. The van der Waals surface area contributed by atoms with Crippen molar-refractivity contribution in [2.75, 3.05) is 0 Å². The summed E-state index contributed by atoms with van der Waals surface area (Å²) < 4.78 is 7.00. The second-order valence-corrected chi connectivity index (χ2v) is 1.26. The summed E-state index contributed by atoms with van der Waals surface area (Å²) in [5.74, 6) is 0. The van der Waals surface area contributed by atoms with Crippen LogP contribution >= 0.6 is 0 Å². The van der Waals surface area contributed by atoms with Gasteiger partial charge in [0, 0.05) is 0 Å². The summed E-state index contributed by atoms with van der Waals surface area (Å²) in [6, 6.07) is 0.419. The highest BCUT2D eigenvalue weighted by Crippen LogP contribution is 1.85. The van der Waals surface area contributed by atoms with Crippen LogP contribution in [0, 0.1) is 0 Å². The lowest BCUT2D eigenvalue weighted by atomic mass is 10.3. The molecule has 1 nitrogen and oxygen atoms in total. The van der Waals surface area contributed by atoms with Crippen LogP contribution in [0.1, 0.15) is 21.1 Å². The molecule has 0 fully saturated rings. The number of rotatable bonds is 3. The highest BCUT2D eigenvalue weighted by molar-refractivity contribution is 5.64. The van der Waals surface area contributed by atoms with Crippen molar-refractivity contribution in [1.82, 2.24) is 0 Å². The van der Waals surface area contributed by atoms with Crippen LogP contribution < -0.4 is 0 Å². The Labute approximate surface area is 45.4 Å². The van der Waals surface area contributed by atoms with Gasteiger partial charge in [-0.25, -0.2) is 0 Å². The van der Waals surface area contributed by atoms with Gasteiger partial charge in [0.1, 0.15) is 6.29 Å². The van der Waals surface area contributed by atoms with E-state index in [0.29, 0.717) is 18.8 Å². The number of hydrogen-bond acceptors (Lipinski definition) is 1. The summed E-state index contributed by atoms with van der Waals surface area (Å²) in [4.78, 5) is 9.69. The maximum atomic E-state index is 9.69. The number of hydrogen-bond donors (Lipinski definition) is 0. The van der Waals surface area contributed by atoms with Gasteiger partial charge in [-0.2, -0.15) is 0 Å². The molecule has 0 saturated carbocycles. The molecule has 0 aromatic rings. The van der Waals surface area contributed by atoms with Gasteiger partial charge in [-0.05, 0) is 12.5 Å². The van der Waals surface area contributed by atoms with Crippen LogP contribution in [0.5, 0.6) is 0 Å². The van der Waals surface area contributed by atoms with Crippen molar-refractivity contribution in [3.05, 3.63) is 12.1 Å². The molecule has 0 aromatic carbocycles.